The number of thiazole rings is 1. The zero-order valence-electron chi connectivity index (χ0n) is 18.0. The van der Waals surface area contributed by atoms with Gasteiger partial charge >= 0.3 is 0 Å². The number of hydrogen-bond donors (Lipinski definition) is 0. The first-order valence-corrected chi connectivity index (χ1v) is 11.8. The molecule has 0 amide bonds. The monoisotopic (exact) mass is 465 g/mol. The predicted octanol–water partition coefficient (Wildman–Crippen LogP) is 4.23. The van der Waals surface area contributed by atoms with Gasteiger partial charge in [0.25, 0.3) is 11.2 Å². The summed E-state index contributed by atoms with van der Waals surface area (Å²) in [4.78, 5) is 30.1. The van der Waals surface area contributed by atoms with E-state index in [2.05, 4.69) is 30.3 Å². The molecule has 4 aromatic rings. The molecule has 0 unspecified atom stereocenters. The van der Waals surface area contributed by atoms with Crippen LogP contribution in [0.4, 0.5) is 5.69 Å². The number of aryl methyl sites for hydroxylation is 1. The fourth-order valence-electron chi connectivity index (χ4n) is 4.84. The highest BCUT2D eigenvalue weighted by molar-refractivity contribution is 7.07. The molecule has 1 aliphatic carbocycles. The maximum atomic E-state index is 13.7. The molecular weight excluding hydrogens is 446 g/mol. The van der Waals surface area contributed by atoms with E-state index >= 15 is 0 Å². The summed E-state index contributed by atoms with van der Waals surface area (Å²) >= 11 is 1.32. The molecule has 6 rings (SSSR count). The van der Waals surface area contributed by atoms with Crippen molar-refractivity contribution in [3.8, 4) is 0 Å². The lowest BCUT2D eigenvalue weighted by Gasteiger charge is -2.30. The van der Waals surface area contributed by atoms with Crippen molar-refractivity contribution >= 4 is 28.8 Å². The largest absolute Gasteiger partial charge is 0.272 e. The van der Waals surface area contributed by atoms with E-state index in [-0.39, 0.29) is 17.3 Å². The van der Waals surface area contributed by atoms with Crippen molar-refractivity contribution in [2.24, 2.45) is 4.99 Å². The Morgan fingerprint density at radius 1 is 1.00 bits per heavy atom. The van der Waals surface area contributed by atoms with Crippen LogP contribution >= 0.6 is 11.3 Å². The number of allylic oxidation sites excluding steroid dienone is 1. The minimum Gasteiger partial charge on any atom is -0.272 e. The number of hydrogen-bond acceptors (Lipinski definition) is 5. The summed E-state index contributed by atoms with van der Waals surface area (Å²) < 4.78 is 2.30. The van der Waals surface area contributed by atoms with Gasteiger partial charge in [-0.1, -0.05) is 78.1 Å². The molecule has 1 aliphatic heterocycles. The molecule has 34 heavy (non-hydrogen) atoms. The van der Waals surface area contributed by atoms with Gasteiger partial charge in [0.1, 0.15) is 0 Å². The summed E-state index contributed by atoms with van der Waals surface area (Å²) in [7, 11) is 0. The molecule has 0 saturated heterocycles. The third-order valence-corrected chi connectivity index (χ3v) is 7.35. The van der Waals surface area contributed by atoms with Crippen molar-refractivity contribution in [2.75, 3.05) is 0 Å². The Labute approximate surface area is 198 Å². The Hall–Kier alpha value is -4.10. The van der Waals surface area contributed by atoms with Gasteiger partial charge in [-0.3, -0.25) is 19.5 Å². The molecule has 2 aliphatic rings. The van der Waals surface area contributed by atoms with Crippen molar-refractivity contribution in [3.05, 3.63) is 136 Å². The van der Waals surface area contributed by atoms with Crippen LogP contribution in [0.2, 0.25) is 0 Å². The lowest BCUT2D eigenvalue weighted by atomic mass is 9.83. The first kappa shape index (κ1) is 20.5. The van der Waals surface area contributed by atoms with E-state index in [1.165, 1.54) is 29.0 Å². The molecule has 166 valence electrons. The summed E-state index contributed by atoms with van der Waals surface area (Å²) in [6.07, 6.45) is 3.46. The van der Waals surface area contributed by atoms with Gasteiger partial charge in [0.05, 0.1) is 21.2 Å². The summed E-state index contributed by atoms with van der Waals surface area (Å²) in [6, 6.07) is 24.5. The number of aromatic nitrogens is 1. The standard InChI is InChI=1S/C27H19N3O3S/c31-26-23(16-17-7-6-11-20(15-17)30(32)33)34-27-28-24-21-12-5-4-8-18(21)13-14-22(24)25(29(26)27)19-9-2-1-3-10-19/h1-12,15-16,25H,13-14H2/b23-16-/t25-/m0/s1. The van der Waals surface area contributed by atoms with E-state index in [4.69, 9.17) is 4.99 Å². The molecule has 0 N–H and O–H groups in total. The molecule has 0 radical (unpaired) electrons. The lowest BCUT2D eigenvalue weighted by molar-refractivity contribution is -0.384. The van der Waals surface area contributed by atoms with Gasteiger partial charge in [0.15, 0.2) is 4.80 Å². The lowest BCUT2D eigenvalue weighted by Crippen LogP contribution is -2.38. The van der Waals surface area contributed by atoms with Crippen LogP contribution in [-0.4, -0.2) is 9.49 Å². The van der Waals surface area contributed by atoms with Crippen LogP contribution < -0.4 is 14.9 Å². The van der Waals surface area contributed by atoms with Gasteiger partial charge in [-0.15, -0.1) is 0 Å². The van der Waals surface area contributed by atoms with Gasteiger partial charge in [0, 0.05) is 17.7 Å². The van der Waals surface area contributed by atoms with Crippen molar-refractivity contribution < 1.29 is 4.92 Å². The molecule has 0 saturated carbocycles. The van der Waals surface area contributed by atoms with Crippen LogP contribution in [0, 0.1) is 10.1 Å². The summed E-state index contributed by atoms with van der Waals surface area (Å²) in [5.41, 5.74) is 6.04. The van der Waals surface area contributed by atoms with E-state index in [1.807, 2.05) is 24.3 Å². The Bertz CT molecular complexity index is 1670. The summed E-state index contributed by atoms with van der Waals surface area (Å²) in [5.74, 6) is 0. The first-order chi connectivity index (χ1) is 16.6. The van der Waals surface area contributed by atoms with Gasteiger partial charge in [-0.2, -0.15) is 0 Å². The smallest absolute Gasteiger partial charge is 0.271 e. The van der Waals surface area contributed by atoms with Crippen molar-refractivity contribution in [3.63, 3.8) is 0 Å². The van der Waals surface area contributed by atoms with Crippen LogP contribution in [0.15, 0.2) is 94.2 Å². The number of nitro benzene ring substituents is 1. The number of nitro groups is 1. The minimum atomic E-state index is -0.431. The topological polar surface area (TPSA) is 77.5 Å². The van der Waals surface area contributed by atoms with Crippen LogP contribution in [-0.2, 0) is 6.42 Å². The average molecular weight is 466 g/mol. The van der Waals surface area contributed by atoms with Crippen LogP contribution in [0.1, 0.15) is 34.7 Å². The number of benzene rings is 3. The Kier molecular flexibility index (Phi) is 4.85. The molecule has 6 nitrogen and oxygen atoms in total. The Morgan fingerprint density at radius 2 is 1.79 bits per heavy atom. The molecule has 1 aromatic heterocycles. The SMILES string of the molecule is O=c1/c(=C/c2cccc([N+](=O)[O-])c2)sc2n1[C@@H](c1ccccc1)C1=C(N=2)c2ccccc2CC1. The van der Waals surface area contributed by atoms with E-state index in [9.17, 15) is 14.9 Å². The zero-order valence-corrected chi connectivity index (χ0v) is 18.9. The number of nitrogens with zero attached hydrogens (tertiary/aromatic N) is 3. The molecule has 3 aromatic carbocycles. The van der Waals surface area contributed by atoms with Gasteiger partial charge in [-0.25, -0.2) is 4.99 Å². The fraction of sp³-hybridized carbons (Fsp3) is 0.111. The second kappa shape index (κ2) is 8.04. The number of rotatable bonds is 3. The van der Waals surface area contributed by atoms with Crippen LogP contribution in [0.25, 0.3) is 11.8 Å². The summed E-state index contributed by atoms with van der Waals surface area (Å²) in [6.45, 7) is 0. The predicted molar refractivity (Wildman–Crippen MR) is 132 cm³/mol. The van der Waals surface area contributed by atoms with Crippen LogP contribution in [0.3, 0.4) is 0 Å². The van der Waals surface area contributed by atoms with E-state index in [1.54, 1.807) is 22.8 Å². The average Bonchev–Trinajstić information content (AvgIpc) is 3.17. The second-order valence-electron chi connectivity index (χ2n) is 8.38. The number of non-ortho nitro benzene ring substituents is 1. The second-order valence-corrected chi connectivity index (χ2v) is 9.39. The van der Waals surface area contributed by atoms with Gasteiger partial charge in [0.2, 0.25) is 0 Å². The van der Waals surface area contributed by atoms with Crippen molar-refractivity contribution in [1.29, 1.82) is 0 Å². The molecule has 0 spiro atoms. The highest BCUT2D eigenvalue weighted by Crippen LogP contribution is 2.41. The number of fused-ring (bicyclic) bond motifs is 3. The van der Waals surface area contributed by atoms with E-state index < -0.39 is 4.92 Å². The molecule has 0 fully saturated rings. The molecular formula is C27H19N3O3S. The minimum absolute atomic E-state index is 0.00393. The third-order valence-electron chi connectivity index (χ3n) is 6.37. The van der Waals surface area contributed by atoms with E-state index in [0.717, 1.165) is 35.2 Å². The van der Waals surface area contributed by atoms with Gasteiger partial charge in [-0.05, 0) is 41.2 Å². The quantitative estimate of drug-likeness (QED) is 0.336. The molecule has 7 heteroatoms. The van der Waals surface area contributed by atoms with Gasteiger partial charge < -0.3 is 0 Å². The zero-order chi connectivity index (χ0) is 23.2. The molecule has 0 bridgehead atoms. The fourth-order valence-corrected chi connectivity index (χ4v) is 5.84. The Balaban J connectivity index is 1.60. The first-order valence-electron chi connectivity index (χ1n) is 11.0. The third kappa shape index (κ3) is 3.33. The highest BCUT2D eigenvalue weighted by atomic mass is 32.1. The normalized spacial score (nSPS) is 16.9. The van der Waals surface area contributed by atoms with Crippen LogP contribution in [0.5, 0.6) is 0 Å². The molecule has 1 atom stereocenters. The van der Waals surface area contributed by atoms with E-state index in [0.29, 0.717) is 14.9 Å². The summed E-state index contributed by atoms with van der Waals surface area (Å²) in [5, 5.41) is 11.2. The maximum Gasteiger partial charge on any atom is 0.271 e. The highest BCUT2D eigenvalue weighted by Gasteiger charge is 2.32. The maximum absolute atomic E-state index is 13.7. The Morgan fingerprint density at radius 3 is 2.62 bits per heavy atom. The van der Waals surface area contributed by atoms with Crippen molar-refractivity contribution in [2.45, 2.75) is 18.9 Å². The van der Waals surface area contributed by atoms with Crippen molar-refractivity contribution in [1.82, 2.24) is 4.57 Å². The molecule has 2 heterocycles.